The van der Waals surface area contributed by atoms with Crippen molar-refractivity contribution in [2.24, 2.45) is 11.8 Å². The van der Waals surface area contributed by atoms with Gasteiger partial charge in [0, 0.05) is 13.1 Å². The number of halogens is 3. The van der Waals surface area contributed by atoms with Gasteiger partial charge in [-0.3, -0.25) is 4.79 Å². The van der Waals surface area contributed by atoms with Gasteiger partial charge in [-0.25, -0.2) is 4.98 Å². The SMILES string of the molecule is Cc1cc2c(nc1N1CCC(OC[C@@H]3C[C@H]3C(F)(F)F)CC1)CNC2=O. The molecule has 1 aliphatic carbocycles. The summed E-state index contributed by atoms with van der Waals surface area (Å²) in [6.45, 7) is 4.13. The lowest BCUT2D eigenvalue weighted by atomic mass is 10.1. The van der Waals surface area contributed by atoms with Crippen LogP contribution in [0.3, 0.4) is 0 Å². The molecule has 0 spiro atoms. The summed E-state index contributed by atoms with van der Waals surface area (Å²) in [7, 11) is 0. The Bertz CT molecular complexity index is 714. The molecule has 1 saturated carbocycles. The van der Waals surface area contributed by atoms with Crippen LogP contribution in [0.4, 0.5) is 19.0 Å². The van der Waals surface area contributed by atoms with E-state index in [2.05, 4.69) is 15.2 Å². The number of fused-ring (bicyclic) bond motifs is 1. The van der Waals surface area contributed by atoms with Gasteiger partial charge in [-0.05, 0) is 43.7 Å². The van der Waals surface area contributed by atoms with Crippen molar-refractivity contribution in [3.63, 3.8) is 0 Å². The highest BCUT2D eigenvalue weighted by atomic mass is 19.4. The molecule has 26 heavy (non-hydrogen) atoms. The zero-order valence-corrected chi connectivity index (χ0v) is 14.6. The average molecular weight is 369 g/mol. The normalized spacial score (nSPS) is 26.0. The number of anilines is 1. The number of nitrogens with one attached hydrogen (secondary N) is 1. The minimum Gasteiger partial charge on any atom is -0.378 e. The molecule has 3 heterocycles. The van der Waals surface area contributed by atoms with Crippen molar-refractivity contribution in [2.75, 3.05) is 24.6 Å². The van der Waals surface area contributed by atoms with Gasteiger partial charge in [0.15, 0.2) is 0 Å². The Hall–Kier alpha value is -1.83. The summed E-state index contributed by atoms with van der Waals surface area (Å²) >= 11 is 0. The van der Waals surface area contributed by atoms with Gasteiger partial charge in [0.2, 0.25) is 0 Å². The number of aryl methyl sites for hydroxylation is 1. The average Bonchev–Trinajstić information content (AvgIpc) is 3.32. The van der Waals surface area contributed by atoms with E-state index in [-0.39, 0.29) is 31.0 Å². The maximum Gasteiger partial charge on any atom is 0.392 e. The number of alkyl halides is 3. The monoisotopic (exact) mass is 369 g/mol. The lowest BCUT2D eigenvalue weighted by molar-refractivity contribution is -0.153. The summed E-state index contributed by atoms with van der Waals surface area (Å²) in [5, 5.41) is 2.78. The highest BCUT2D eigenvalue weighted by Gasteiger charge is 2.55. The molecule has 0 aromatic carbocycles. The first kappa shape index (κ1) is 17.6. The number of carbonyl (C=O) groups is 1. The van der Waals surface area contributed by atoms with Crippen LogP contribution in [-0.2, 0) is 11.3 Å². The number of carbonyl (C=O) groups excluding carboxylic acids is 1. The Morgan fingerprint density at radius 2 is 2.08 bits per heavy atom. The van der Waals surface area contributed by atoms with E-state index in [1.54, 1.807) is 0 Å². The molecule has 3 aliphatic rings. The van der Waals surface area contributed by atoms with E-state index in [1.165, 1.54) is 0 Å². The third kappa shape index (κ3) is 3.39. The standard InChI is InChI=1S/C18H22F3N3O2/c1-10-6-13-15(8-22-17(13)25)23-16(10)24-4-2-12(3-5-24)26-9-11-7-14(11)18(19,20)21/h6,11-12,14H,2-5,7-9H2,1H3,(H,22,25)/t11-,14+/m0/s1. The molecule has 1 saturated heterocycles. The molecule has 4 rings (SSSR count). The van der Waals surface area contributed by atoms with Crippen LogP contribution in [0.2, 0.25) is 0 Å². The van der Waals surface area contributed by atoms with Crippen LogP contribution in [-0.4, -0.2) is 42.9 Å². The largest absolute Gasteiger partial charge is 0.392 e. The number of amides is 1. The Labute approximate surface area is 149 Å². The van der Waals surface area contributed by atoms with Crippen molar-refractivity contribution in [3.8, 4) is 0 Å². The first-order valence-corrected chi connectivity index (χ1v) is 9.05. The zero-order chi connectivity index (χ0) is 18.5. The number of nitrogens with zero attached hydrogens (tertiary/aromatic N) is 2. The number of aromatic nitrogens is 1. The molecule has 2 fully saturated rings. The first-order valence-electron chi connectivity index (χ1n) is 9.05. The molecule has 0 unspecified atom stereocenters. The number of piperidine rings is 1. The number of rotatable bonds is 4. The first-order chi connectivity index (χ1) is 12.3. The molecule has 5 nitrogen and oxygen atoms in total. The summed E-state index contributed by atoms with van der Waals surface area (Å²) in [5.74, 6) is -0.722. The van der Waals surface area contributed by atoms with Gasteiger partial charge in [-0.15, -0.1) is 0 Å². The molecule has 1 aromatic heterocycles. The second-order valence-electron chi connectivity index (χ2n) is 7.47. The van der Waals surface area contributed by atoms with Crippen LogP contribution in [0.15, 0.2) is 6.07 Å². The maximum atomic E-state index is 12.6. The lowest BCUT2D eigenvalue weighted by Crippen LogP contribution is -2.38. The summed E-state index contributed by atoms with van der Waals surface area (Å²) in [4.78, 5) is 18.5. The summed E-state index contributed by atoms with van der Waals surface area (Å²) in [5.41, 5.74) is 2.39. The van der Waals surface area contributed by atoms with E-state index in [9.17, 15) is 18.0 Å². The highest BCUT2D eigenvalue weighted by molar-refractivity contribution is 5.98. The molecule has 8 heteroatoms. The molecule has 2 atom stereocenters. The topological polar surface area (TPSA) is 54.5 Å². The highest BCUT2D eigenvalue weighted by Crippen LogP contribution is 2.50. The number of ether oxygens (including phenoxy) is 1. The fourth-order valence-corrected chi connectivity index (χ4v) is 3.88. The predicted octanol–water partition coefficient (Wildman–Crippen LogP) is 2.82. The fourth-order valence-electron chi connectivity index (χ4n) is 3.88. The summed E-state index contributed by atoms with van der Waals surface area (Å²) < 4.78 is 43.4. The van der Waals surface area contributed by atoms with Crippen molar-refractivity contribution >= 4 is 11.7 Å². The Morgan fingerprint density at radius 3 is 2.73 bits per heavy atom. The van der Waals surface area contributed by atoms with Gasteiger partial charge in [0.25, 0.3) is 5.91 Å². The van der Waals surface area contributed by atoms with Gasteiger partial charge >= 0.3 is 6.18 Å². The van der Waals surface area contributed by atoms with E-state index in [0.717, 1.165) is 43.0 Å². The molecule has 0 radical (unpaired) electrons. The molecule has 0 bridgehead atoms. The molecule has 2 aliphatic heterocycles. The van der Waals surface area contributed by atoms with Crippen LogP contribution in [0, 0.1) is 18.8 Å². The zero-order valence-electron chi connectivity index (χ0n) is 14.6. The van der Waals surface area contributed by atoms with Crippen molar-refractivity contribution in [1.29, 1.82) is 0 Å². The third-order valence-electron chi connectivity index (χ3n) is 5.56. The molecule has 1 N–H and O–H groups in total. The minimum atomic E-state index is -4.08. The maximum absolute atomic E-state index is 12.6. The van der Waals surface area contributed by atoms with Gasteiger partial charge in [-0.1, -0.05) is 0 Å². The summed E-state index contributed by atoms with van der Waals surface area (Å²) in [6, 6.07) is 1.88. The van der Waals surface area contributed by atoms with Gasteiger partial charge < -0.3 is 15.0 Å². The van der Waals surface area contributed by atoms with E-state index in [0.29, 0.717) is 12.1 Å². The molecular formula is C18H22F3N3O2. The van der Waals surface area contributed by atoms with Gasteiger partial charge in [-0.2, -0.15) is 13.2 Å². The quantitative estimate of drug-likeness (QED) is 0.887. The van der Waals surface area contributed by atoms with Crippen molar-refractivity contribution in [3.05, 3.63) is 22.9 Å². The predicted molar refractivity (Wildman–Crippen MR) is 89.0 cm³/mol. The van der Waals surface area contributed by atoms with Crippen molar-refractivity contribution in [1.82, 2.24) is 10.3 Å². The van der Waals surface area contributed by atoms with Crippen LogP contribution >= 0.6 is 0 Å². The number of hydrogen-bond acceptors (Lipinski definition) is 4. The fraction of sp³-hybridized carbons (Fsp3) is 0.667. The number of pyridine rings is 1. The molecule has 142 valence electrons. The molecule has 1 amide bonds. The Balaban J connectivity index is 1.30. The smallest absolute Gasteiger partial charge is 0.378 e. The van der Waals surface area contributed by atoms with Gasteiger partial charge in [0.1, 0.15) is 5.82 Å². The van der Waals surface area contributed by atoms with Crippen LogP contribution in [0.25, 0.3) is 0 Å². The third-order valence-corrected chi connectivity index (χ3v) is 5.56. The van der Waals surface area contributed by atoms with Crippen LogP contribution in [0.1, 0.15) is 40.9 Å². The minimum absolute atomic E-state index is 0.0127. The van der Waals surface area contributed by atoms with E-state index in [4.69, 9.17) is 4.74 Å². The Morgan fingerprint density at radius 1 is 1.35 bits per heavy atom. The van der Waals surface area contributed by atoms with Crippen LogP contribution in [0.5, 0.6) is 0 Å². The Kier molecular flexibility index (Phi) is 4.33. The lowest BCUT2D eigenvalue weighted by Gasteiger charge is -2.33. The van der Waals surface area contributed by atoms with E-state index in [1.807, 2.05) is 13.0 Å². The van der Waals surface area contributed by atoms with Crippen molar-refractivity contribution < 1.29 is 22.7 Å². The van der Waals surface area contributed by atoms with Crippen molar-refractivity contribution in [2.45, 2.75) is 45.0 Å². The molecular weight excluding hydrogens is 347 g/mol. The number of hydrogen-bond donors (Lipinski definition) is 1. The second-order valence-corrected chi connectivity index (χ2v) is 7.47. The van der Waals surface area contributed by atoms with Gasteiger partial charge in [0.05, 0.1) is 36.4 Å². The second kappa shape index (κ2) is 6.40. The summed E-state index contributed by atoms with van der Waals surface area (Å²) in [6.07, 6.45) is -2.31. The van der Waals surface area contributed by atoms with Crippen LogP contribution < -0.4 is 10.2 Å². The van der Waals surface area contributed by atoms with E-state index >= 15 is 0 Å². The molecule has 1 aromatic rings. The van der Waals surface area contributed by atoms with E-state index < -0.39 is 12.1 Å².